The lowest BCUT2D eigenvalue weighted by atomic mass is 10.1. The summed E-state index contributed by atoms with van der Waals surface area (Å²) in [5.74, 6) is 2.01. The van der Waals surface area contributed by atoms with Gasteiger partial charge in [-0.1, -0.05) is 36.4 Å². The zero-order valence-electron chi connectivity index (χ0n) is 13.6. The maximum atomic E-state index is 8.87. The van der Waals surface area contributed by atoms with Gasteiger partial charge in [0.05, 0.1) is 0 Å². The van der Waals surface area contributed by atoms with E-state index in [1.54, 1.807) is 11.8 Å². The molecule has 24 heavy (non-hydrogen) atoms. The molecule has 0 saturated heterocycles. The molecule has 1 aliphatic carbocycles. The van der Waals surface area contributed by atoms with E-state index < -0.39 is 0 Å². The van der Waals surface area contributed by atoms with Crippen LogP contribution in [0.2, 0.25) is 0 Å². The third-order valence-corrected chi connectivity index (χ3v) is 5.47. The summed E-state index contributed by atoms with van der Waals surface area (Å²) in [5.41, 5.74) is 2.27. The van der Waals surface area contributed by atoms with Crippen LogP contribution in [0.15, 0.2) is 35.6 Å². The monoisotopic (exact) mass is 342 g/mol. The molecule has 0 unspecified atom stereocenters. The molecule has 1 fully saturated rings. The molecule has 1 saturated carbocycles. The number of nitrogens with one attached hydrogen (secondary N) is 1. The van der Waals surface area contributed by atoms with Gasteiger partial charge in [-0.2, -0.15) is 0 Å². The van der Waals surface area contributed by atoms with E-state index in [1.807, 2.05) is 12.3 Å². The van der Waals surface area contributed by atoms with Crippen LogP contribution in [0.4, 0.5) is 0 Å². The highest BCUT2D eigenvalue weighted by molar-refractivity contribution is 7.99. The van der Waals surface area contributed by atoms with Crippen molar-refractivity contribution in [3.05, 3.63) is 30.5 Å². The van der Waals surface area contributed by atoms with E-state index in [1.165, 1.54) is 18.2 Å². The molecule has 2 heterocycles. The Morgan fingerprint density at radius 1 is 1.17 bits per heavy atom. The Kier molecular flexibility index (Phi) is 4.58. The minimum absolute atomic E-state index is 0.285. The average molecular weight is 342 g/mol. The maximum absolute atomic E-state index is 8.87. The lowest BCUT2D eigenvalue weighted by Gasteiger charge is -2.08. The number of aliphatic hydroxyl groups excluding tert-OH is 1. The number of nitrogens with zero attached hydrogens (tertiary/aromatic N) is 3. The van der Waals surface area contributed by atoms with Crippen LogP contribution < -0.4 is 0 Å². The second kappa shape index (κ2) is 6.99. The summed E-state index contributed by atoms with van der Waals surface area (Å²) in [6.07, 6.45) is 7.53. The van der Waals surface area contributed by atoms with Crippen LogP contribution in [0, 0.1) is 0 Å². The van der Waals surface area contributed by atoms with Crippen molar-refractivity contribution in [3.8, 4) is 11.4 Å². The van der Waals surface area contributed by atoms with Gasteiger partial charge >= 0.3 is 0 Å². The molecule has 6 heteroatoms. The third kappa shape index (κ3) is 3.08. The SMILES string of the molecule is OCCCCCSc1nnc(-c2c[nH]c3ccccc23)n1C1CC1. The fourth-order valence-electron chi connectivity index (χ4n) is 3.03. The van der Waals surface area contributed by atoms with Crippen molar-refractivity contribution >= 4 is 22.7 Å². The first kappa shape index (κ1) is 15.7. The molecule has 1 aromatic carbocycles. The fraction of sp³-hybridized carbons (Fsp3) is 0.444. The topological polar surface area (TPSA) is 66.7 Å². The summed E-state index contributed by atoms with van der Waals surface area (Å²) in [6, 6.07) is 8.88. The van der Waals surface area contributed by atoms with Crippen LogP contribution >= 0.6 is 11.8 Å². The Bertz CT molecular complexity index is 821. The summed E-state index contributed by atoms with van der Waals surface area (Å²) in [4.78, 5) is 3.34. The molecule has 0 aliphatic heterocycles. The van der Waals surface area contributed by atoms with Crippen LogP contribution in [-0.4, -0.2) is 37.2 Å². The minimum atomic E-state index is 0.285. The van der Waals surface area contributed by atoms with Crippen LogP contribution in [0.25, 0.3) is 22.3 Å². The lowest BCUT2D eigenvalue weighted by molar-refractivity contribution is 0.284. The number of fused-ring (bicyclic) bond motifs is 1. The van der Waals surface area contributed by atoms with Gasteiger partial charge in [-0.15, -0.1) is 10.2 Å². The van der Waals surface area contributed by atoms with Crippen molar-refractivity contribution in [2.45, 2.75) is 43.3 Å². The van der Waals surface area contributed by atoms with Gasteiger partial charge in [-0.05, 0) is 31.7 Å². The molecule has 2 aromatic heterocycles. The molecule has 0 spiro atoms. The third-order valence-electron chi connectivity index (χ3n) is 4.44. The van der Waals surface area contributed by atoms with Crippen molar-refractivity contribution in [3.63, 3.8) is 0 Å². The van der Waals surface area contributed by atoms with Crippen molar-refractivity contribution < 1.29 is 5.11 Å². The molecular weight excluding hydrogens is 320 g/mol. The van der Waals surface area contributed by atoms with Crippen LogP contribution in [0.5, 0.6) is 0 Å². The molecule has 0 bridgehead atoms. The number of hydrogen-bond acceptors (Lipinski definition) is 4. The van der Waals surface area contributed by atoms with Crippen molar-refractivity contribution in [1.29, 1.82) is 0 Å². The Morgan fingerprint density at radius 2 is 2.04 bits per heavy atom. The first-order valence-electron chi connectivity index (χ1n) is 8.63. The first-order valence-corrected chi connectivity index (χ1v) is 9.62. The van der Waals surface area contributed by atoms with Gasteiger partial charge in [0.25, 0.3) is 0 Å². The highest BCUT2D eigenvalue weighted by Crippen LogP contribution is 2.42. The number of rotatable bonds is 8. The number of aromatic amines is 1. The summed E-state index contributed by atoms with van der Waals surface area (Å²) in [5, 5.41) is 20.1. The quantitative estimate of drug-likeness (QED) is 0.479. The van der Waals surface area contributed by atoms with E-state index in [0.717, 1.165) is 47.1 Å². The fourth-order valence-corrected chi connectivity index (χ4v) is 4.04. The molecule has 2 N–H and O–H groups in total. The first-order chi connectivity index (χ1) is 11.9. The molecular formula is C18H22N4OS. The maximum Gasteiger partial charge on any atom is 0.191 e. The second-order valence-corrected chi connectivity index (χ2v) is 7.35. The number of H-pyrrole nitrogens is 1. The molecule has 126 valence electrons. The van der Waals surface area contributed by atoms with E-state index in [0.29, 0.717) is 6.04 Å². The molecule has 3 aromatic rings. The molecule has 0 amide bonds. The summed E-state index contributed by atoms with van der Waals surface area (Å²) in [6.45, 7) is 0.285. The highest BCUT2D eigenvalue weighted by Gasteiger charge is 2.30. The Hall–Kier alpha value is -1.79. The van der Waals surface area contributed by atoms with Gasteiger partial charge in [0.15, 0.2) is 11.0 Å². The summed E-state index contributed by atoms with van der Waals surface area (Å²) >= 11 is 1.79. The van der Waals surface area contributed by atoms with Gasteiger partial charge in [-0.25, -0.2) is 0 Å². The predicted molar refractivity (Wildman–Crippen MR) is 97.2 cm³/mol. The van der Waals surface area contributed by atoms with Crippen molar-refractivity contribution in [2.75, 3.05) is 12.4 Å². The number of aromatic nitrogens is 4. The number of para-hydroxylation sites is 1. The Balaban J connectivity index is 1.60. The van der Waals surface area contributed by atoms with Crippen LogP contribution in [0.3, 0.4) is 0 Å². The van der Waals surface area contributed by atoms with Gasteiger partial charge in [-0.3, -0.25) is 4.57 Å². The van der Waals surface area contributed by atoms with Crippen molar-refractivity contribution in [2.24, 2.45) is 0 Å². The zero-order chi connectivity index (χ0) is 16.4. The average Bonchev–Trinajstić information content (AvgIpc) is 3.22. The van der Waals surface area contributed by atoms with Crippen LogP contribution in [0.1, 0.15) is 38.1 Å². The molecule has 1 aliphatic rings. The molecule has 0 radical (unpaired) electrons. The van der Waals surface area contributed by atoms with E-state index >= 15 is 0 Å². The van der Waals surface area contributed by atoms with Crippen molar-refractivity contribution in [1.82, 2.24) is 19.7 Å². The van der Waals surface area contributed by atoms with Gasteiger partial charge < -0.3 is 10.1 Å². The highest BCUT2D eigenvalue weighted by atomic mass is 32.2. The molecule has 4 rings (SSSR count). The second-order valence-electron chi connectivity index (χ2n) is 6.29. The van der Waals surface area contributed by atoms with Gasteiger partial charge in [0, 0.05) is 41.1 Å². The Labute approximate surface area is 145 Å². The number of aliphatic hydroxyl groups is 1. The Morgan fingerprint density at radius 3 is 2.88 bits per heavy atom. The summed E-state index contributed by atoms with van der Waals surface area (Å²) < 4.78 is 2.33. The predicted octanol–water partition coefficient (Wildman–Crippen LogP) is 4.02. The zero-order valence-corrected chi connectivity index (χ0v) is 14.4. The van der Waals surface area contributed by atoms with Gasteiger partial charge in [0.1, 0.15) is 0 Å². The summed E-state index contributed by atoms with van der Waals surface area (Å²) in [7, 11) is 0. The number of unbranched alkanes of at least 4 members (excludes halogenated alkanes) is 2. The number of benzene rings is 1. The lowest BCUT2D eigenvalue weighted by Crippen LogP contribution is -2.00. The van der Waals surface area contributed by atoms with Crippen LogP contribution in [-0.2, 0) is 0 Å². The smallest absolute Gasteiger partial charge is 0.191 e. The molecule has 0 atom stereocenters. The largest absolute Gasteiger partial charge is 0.396 e. The van der Waals surface area contributed by atoms with E-state index in [-0.39, 0.29) is 6.61 Å². The van der Waals surface area contributed by atoms with E-state index in [9.17, 15) is 0 Å². The normalized spacial score (nSPS) is 14.5. The van der Waals surface area contributed by atoms with Gasteiger partial charge in [0.2, 0.25) is 0 Å². The number of thioether (sulfide) groups is 1. The number of hydrogen-bond donors (Lipinski definition) is 2. The minimum Gasteiger partial charge on any atom is -0.396 e. The molecule has 5 nitrogen and oxygen atoms in total. The standard InChI is InChI=1S/C18H22N4OS/c23-10-4-1-5-11-24-18-21-20-17(22(18)13-8-9-13)15-12-19-16-7-3-2-6-14(15)16/h2-3,6-7,12-13,19,23H,1,4-5,8-11H2. The van der Waals surface area contributed by atoms with E-state index in [4.69, 9.17) is 5.11 Å². The van der Waals surface area contributed by atoms with E-state index in [2.05, 4.69) is 37.9 Å².